The number of phenols is 2. The van der Waals surface area contributed by atoms with Crippen LogP contribution in [0.1, 0.15) is 59.4 Å². The average molecular weight is 496 g/mol. The third-order valence-electron chi connectivity index (χ3n) is 6.32. The van der Waals surface area contributed by atoms with Crippen molar-refractivity contribution in [3.8, 4) is 11.5 Å². The molecule has 9 nitrogen and oxygen atoms in total. The van der Waals surface area contributed by atoms with Crippen molar-refractivity contribution in [2.24, 2.45) is 10.6 Å². The highest BCUT2D eigenvalue weighted by Gasteiger charge is 2.40. The normalized spacial score (nSPS) is 22.9. The molecule has 0 unspecified atom stereocenters. The number of rotatable bonds is 7. The van der Waals surface area contributed by atoms with Crippen LogP contribution in [-0.2, 0) is 19.2 Å². The average Bonchev–Trinajstić information content (AvgIpc) is 2.77. The van der Waals surface area contributed by atoms with Gasteiger partial charge in [0.2, 0.25) is 5.60 Å². The van der Waals surface area contributed by atoms with E-state index in [0.717, 1.165) is 38.9 Å². The number of halogens is 1. The van der Waals surface area contributed by atoms with Gasteiger partial charge in [-0.15, -0.1) is 0 Å². The summed E-state index contributed by atoms with van der Waals surface area (Å²) in [5.74, 6) is -2.23. The maximum Gasteiger partial charge on any atom is 0.353 e. The number of carbonyl (C=O) groups is 2. The molecule has 0 saturated carbocycles. The highest BCUT2D eigenvalue weighted by atomic mass is 35.5. The first kappa shape index (κ1) is 26.1. The first-order valence-corrected chi connectivity index (χ1v) is 11.8. The fraction of sp³-hybridized carbons (Fsp3) is 0.625. The molecule has 3 aliphatic rings. The van der Waals surface area contributed by atoms with Crippen LogP contribution in [0.15, 0.2) is 17.3 Å². The van der Waals surface area contributed by atoms with Gasteiger partial charge in [0.25, 0.3) is 5.91 Å². The third-order valence-corrected chi connectivity index (χ3v) is 6.70. The van der Waals surface area contributed by atoms with Crippen LogP contribution in [-0.4, -0.2) is 70.1 Å². The van der Waals surface area contributed by atoms with E-state index < -0.39 is 34.6 Å². The van der Waals surface area contributed by atoms with Crippen LogP contribution < -0.4 is 5.32 Å². The Morgan fingerprint density at radius 2 is 1.71 bits per heavy atom. The molecule has 3 saturated heterocycles. The molecule has 0 atom stereocenters. The highest BCUT2D eigenvalue weighted by Crippen LogP contribution is 2.39. The number of benzene rings is 1. The number of hydrogen-bond acceptors (Lipinski definition) is 8. The van der Waals surface area contributed by atoms with Crippen LogP contribution in [0.3, 0.4) is 0 Å². The molecular weight excluding hydrogens is 462 g/mol. The molecule has 3 heterocycles. The topological polar surface area (TPSA) is 121 Å². The summed E-state index contributed by atoms with van der Waals surface area (Å²) in [4.78, 5) is 33.7. The Morgan fingerprint density at radius 1 is 1.12 bits per heavy atom. The van der Waals surface area contributed by atoms with E-state index in [2.05, 4.69) is 15.4 Å². The molecule has 1 aromatic rings. The SMILES string of the molecule is CC(C)(C)OC(=O)C(C)(C)O/N=C(\C(=O)NCC12CCN(CC1)CC2)c1ccc(O)c(O)c1Cl. The zero-order valence-corrected chi connectivity index (χ0v) is 21.2. The number of piperidine rings is 3. The summed E-state index contributed by atoms with van der Waals surface area (Å²) < 4.78 is 5.38. The minimum Gasteiger partial charge on any atom is -0.504 e. The first-order valence-electron chi connectivity index (χ1n) is 11.4. The van der Waals surface area contributed by atoms with Crippen LogP contribution in [0.2, 0.25) is 5.02 Å². The van der Waals surface area contributed by atoms with E-state index >= 15 is 0 Å². The summed E-state index contributed by atoms with van der Waals surface area (Å²) >= 11 is 6.22. The summed E-state index contributed by atoms with van der Waals surface area (Å²) in [5.41, 5.74) is -2.36. The molecule has 0 spiro atoms. The second-order valence-corrected chi connectivity index (χ2v) is 11.0. The van der Waals surface area contributed by atoms with Gasteiger partial charge in [-0.1, -0.05) is 16.8 Å². The van der Waals surface area contributed by atoms with E-state index in [1.54, 1.807) is 20.8 Å². The van der Waals surface area contributed by atoms with Gasteiger partial charge in [-0.3, -0.25) is 4.79 Å². The number of amides is 1. The molecule has 10 heteroatoms. The lowest BCUT2D eigenvalue weighted by Gasteiger charge is -2.48. The van der Waals surface area contributed by atoms with Gasteiger partial charge in [0.15, 0.2) is 17.2 Å². The van der Waals surface area contributed by atoms with Crippen molar-refractivity contribution in [1.82, 2.24) is 10.2 Å². The fourth-order valence-electron chi connectivity index (χ4n) is 4.06. The summed E-state index contributed by atoms with van der Waals surface area (Å²) in [5, 5.41) is 26.5. The van der Waals surface area contributed by atoms with Crippen molar-refractivity contribution < 1.29 is 29.4 Å². The fourth-order valence-corrected chi connectivity index (χ4v) is 4.31. The monoisotopic (exact) mass is 495 g/mol. The first-order chi connectivity index (χ1) is 15.7. The maximum atomic E-state index is 13.3. The van der Waals surface area contributed by atoms with E-state index in [0.29, 0.717) is 6.54 Å². The van der Waals surface area contributed by atoms with Crippen LogP contribution in [0, 0.1) is 5.41 Å². The number of ether oxygens (including phenoxy) is 1. The van der Waals surface area contributed by atoms with Crippen molar-refractivity contribution in [2.75, 3.05) is 26.2 Å². The predicted molar refractivity (Wildman–Crippen MR) is 128 cm³/mol. The minimum absolute atomic E-state index is 0.0348. The zero-order valence-electron chi connectivity index (χ0n) is 20.4. The molecule has 2 bridgehead atoms. The molecule has 1 amide bonds. The van der Waals surface area contributed by atoms with Gasteiger partial charge in [-0.25, -0.2) is 4.79 Å². The summed E-state index contributed by atoms with van der Waals surface area (Å²) in [6.45, 7) is 11.7. The molecule has 34 heavy (non-hydrogen) atoms. The molecule has 0 aromatic heterocycles. The van der Waals surface area contributed by atoms with Gasteiger partial charge in [0.1, 0.15) is 5.60 Å². The summed E-state index contributed by atoms with van der Waals surface area (Å²) in [6, 6.07) is 2.56. The number of oxime groups is 1. The quantitative estimate of drug-likeness (QED) is 0.230. The van der Waals surface area contributed by atoms with E-state index in [-0.39, 0.29) is 21.7 Å². The molecular formula is C24H34ClN3O6. The lowest BCUT2D eigenvalue weighted by atomic mass is 9.72. The molecule has 3 aliphatic heterocycles. The lowest BCUT2D eigenvalue weighted by molar-refractivity contribution is -0.179. The van der Waals surface area contributed by atoms with Gasteiger partial charge >= 0.3 is 5.97 Å². The van der Waals surface area contributed by atoms with Crippen molar-refractivity contribution >= 4 is 29.2 Å². The van der Waals surface area contributed by atoms with E-state index in [1.165, 1.54) is 26.0 Å². The number of hydrogen-bond donors (Lipinski definition) is 3. The van der Waals surface area contributed by atoms with Crippen LogP contribution in [0.5, 0.6) is 11.5 Å². The Labute approximate surface area is 205 Å². The number of esters is 1. The number of aromatic hydroxyl groups is 2. The Bertz CT molecular complexity index is 964. The van der Waals surface area contributed by atoms with Gasteiger partial charge in [-0.05, 0) is 91.1 Å². The number of phenolic OH excluding ortho intramolecular Hbond substituents is 2. The van der Waals surface area contributed by atoms with E-state index in [4.69, 9.17) is 21.2 Å². The van der Waals surface area contributed by atoms with Crippen LogP contribution in [0.25, 0.3) is 0 Å². The molecule has 0 aliphatic carbocycles. The van der Waals surface area contributed by atoms with Crippen molar-refractivity contribution in [3.63, 3.8) is 0 Å². The maximum absolute atomic E-state index is 13.3. The molecule has 188 valence electrons. The second-order valence-electron chi connectivity index (χ2n) is 10.6. The number of fused-ring (bicyclic) bond motifs is 3. The highest BCUT2D eigenvalue weighted by molar-refractivity contribution is 6.49. The van der Waals surface area contributed by atoms with Gasteiger partial charge in [-0.2, -0.15) is 0 Å². The number of nitrogens with zero attached hydrogens (tertiary/aromatic N) is 2. The molecule has 3 N–H and O–H groups in total. The minimum atomic E-state index is -1.50. The van der Waals surface area contributed by atoms with Crippen LogP contribution >= 0.6 is 11.6 Å². The molecule has 4 rings (SSSR count). The smallest absolute Gasteiger partial charge is 0.353 e. The lowest BCUT2D eigenvalue weighted by Crippen LogP contribution is -2.53. The standard InChI is InChI=1S/C24H34ClN3O6/c1-22(2,3)33-21(32)23(4,5)34-27-18(15-6-7-16(29)19(30)17(15)25)20(31)26-14-24-8-11-28(12-9-24)13-10-24/h6-7,29-30H,8-14H2,1-5H3,(H,26,31)/b27-18-. The van der Waals surface area contributed by atoms with Gasteiger partial charge in [0, 0.05) is 12.1 Å². The summed E-state index contributed by atoms with van der Waals surface area (Å²) in [6.07, 6.45) is 3.01. The van der Waals surface area contributed by atoms with E-state index in [1.807, 2.05) is 0 Å². The Morgan fingerprint density at radius 3 is 2.26 bits per heavy atom. The van der Waals surface area contributed by atoms with Gasteiger partial charge in [0.05, 0.1) is 5.02 Å². The third kappa shape index (κ3) is 5.93. The Hall–Kier alpha value is -2.52. The Kier molecular flexibility index (Phi) is 7.38. The molecule has 1 aromatic carbocycles. The number of carbonyl (C=O) groups excluding carboxylic acids is 2. The largest absolute Gasteiger partial charge is 0.504 e. The van der Waals surface area contributed by atoms with Crippen molar-refractivity contribution in [3.05, 3.63) is 22.7 Å². The van der Waals surface area contributed by atoms with Crippen molar-refractivity contribution in [1.29, 1.82) is 0 Å². The van der Waals surface area contributed by atoms with E-state index in [9.17, 15) is 19.8 Å². The second kappa shape index (κ2) is 9.62. The number of nitrogens with one attached hydrogen (secondary N) is 1. The van der Waals surface area contributed by atoms with Crippen LogP contribution in [0.4, 0.5) is 0 Å². The predicted octanol–water partition coefficient (Wildman–Crippen LogP) is 3.19. The molecule has 3 fully saturated rings. The molecule has 0 radical (unpaired) electrons. The summed E-state index contributed by atoms with van der Waals surface area (Å²) in [7, 11) is 0. The zero-order chi connectivity index (χ0) is 25.3. The Balaban J connectivity index is 1.85. The van der Waals surface area contributed by atoms with Gasteiger partial charge < -0.3 is 30.0 Å². The van der Waals surface area contributed by atoms with Crippen molar-refractivity contribution in [2.45, 2.75) is 65.1 Å².